The average Bonchev–Trinajstić information content (AvgIpc) is 2.73. The Labute approximate surface area is 196 Å². The zero-order valence-corrected chi connectivity index (χ0v) is 22.2. The van der Waals surface area contributed by atoms with Crippen LogP contribution in [0.2, 0.25) is 0 Å². The predicted molar refractivity (Wildman–Crippen MR) is 134 cm³/mol. The Morgan fingerprint density at radius 1 is 0.567 bits per heavy atom. The molecule has 0 aliphatic carbocycles. The molecule has 0 saturated heterocycles. The first kappa shape index (κ1) is 30.6. The third kappa shape index (κ3) is 24.9. The summed E-state index contributed by atoms with van der Waals surface area (Å²) in [5.74, 6) is 0. The molecular formula is C24H50BrO4P. The highest BCUT2D eigenvalue weighted by Crippen LogP contribution is 2.43. The lowest BCUT2D eigenvalue weighted by atomic mass is 10.0. The molecule has 182 valence electrons. The van der Waals surface area contributed by atoms with Crippen LogP contribution in [0.4, 0.5) is 0 Å². The molecule has 30 heavy (non-hydrogen) atoms. The van der Waals surface area contributed by atoms with E-state index in [0.29, 0.717) is 11.9 Å². The van der Waals surface area contributed by atoms with Gasteiger partial charge in [-0.05, 0) is 6.42 Å². The van der Waals surface area contributed by atoms with Gasteiger partial charge in [0.2, 0.25) is 0 Å². The maximum absolute atomic E-state index is 11.5. The summed E-state index contributed by atoms with van der Waals surface area (Å²) in [6.07, 6.45) is 26.9. The van der Waals surface area contributed by atoms with Gasteiger partial charge >= 0.3 is 7.82 Å². The Morgan fingerprint density at radius 3 is 1.20 bits per heavy atom. The van der Waals surface area contributed by atoms with Gasteiger partial charge in [-0.25, -0.2) is 4.57 Å². The van der Waals surface area contributed by atoms with E-state index >= 15 is 0 Å². The fraction of sp³-hybridized carbons (Fsp3) is 1.00. The molecule has 0 amide bonds. The van der Waals surface area contributed by atoms with Gasteiger partial charge in [-0.1, -0.05) is 145 Å². The van der Waals surface area contributed by atoms with E-state index in [1.54, 1.807) is 0 Å². The van der Waals surface area contributed by atoms with E-state index in [0.717, 1.165) is 12.8 Å². The first-order valence-electron chi connectivity index (χ1n) is 12.8. The van der Waals surface area contributed by atoms with Crippen LogP contribution in [0.15, 0.2) is 0 Å². The number of phosphoric ester groups is 1. The lowest BCUT2D eigenvalue weighted by Gasteiger charge is -2.11. The Balaban J connectivity index is 3.12. The Kier molecular flexibility index (Phi) is 24.7. The van der Waals surface area contributed by atoms with Crippen molar-refractivity contribution < 1.29 is 18.5 Å². The second kappa shape index (κ2) is 24.2. The highest BCUT2D eigenvalue weighted by Gasteiger charge is 2.19. The minimum Gasteiger partial charge on any atom is -0.302 e. The van der Waals surface area contributed by atoms with Crippen molar-refractivity contribution in [2.45, 2.75) is 135 Å². The molecule has 0 aromatic heterocycles. The number of halogens is 1. The summed E-state index contributed by atoms with van der Waals surface area (Å²) in [4.78, 5) is 9.39. The Morgan fingerprint density at radius 2 is 0.867 bits per heavy atom. The fourth-order valence-electron chi connectivity index (χ4n) is 3.72. The quantitative estimate of drug-likeness (QED) is 0.0751. The van der Waals surface area contributed by atoms with Crippen LogP contribution in [-0.4, -0.2) is 23.4 Å². The number of phosphoric acid groups is 1. The molecule has 0 aliphatic rings. The predicted octanol–water partition coefficient (Wildman–Crippen LogP) is 9.34. The molecule has 0 rings (SSSR count). The first-order chi connectivity index (χ1) is 14.6. The highest BCUT2D eigenvalue weighted by molar-refractivity contribution is 9.09. The Hall–Kier alpha value is 0.590. The number of hydrogen-bond acceptors (Lipinski definition) is 3. The van der Waals surface area contributed by atoms with Crippen molar-refractivity contribution in [1.82, 2.24) is 0 Å². The topological polar surface area (TPSA) is 55.8 Å². The number of rotatable bonds is 25. The maximum atomic E-state index is 11.5. The molecule has 0 saturated carbocycles. The van der Waals surface area contributed by atoms with Crippen LogP contribution in [0.5, 0.6) is 0 Å². The summed E-state index contributed by atoms with van der Waals surface area (Å²) in [6, 6.07) is 0. The fourth-order valence-corrected chi connectivity index (χ4v) is 4.89. The SMILES string of the molecule is CCCCCCCCCCCCCCCCCCCCCCOP(=O)(O)OCCBr. The molecule has 0 radical (unpaired) electrons. The molecule has 0 spiro atoms. The van der Waals surface area contributed by atoms with Crippen LogP contribution >= 0.6 is 23.8 Å². The number of alkyl halides is 1. The van der Waals surface area contributed by atoms with Crippen molar-refractivity contribution in [3.63, 3.8) is 0 Å². The van der Waals surface area contributed by atoms with Gasteiger partial charge in [-0.3, -0.25) is 9.05 Å². The van der Waals surface area contributed by atoms with Crippen LogP contribution in [0.25, 0.3) is 0 Å². The largest absolute Gasteiger partial charge is 0.472 e. The van der Waals surface area contributed by atoms with Crippen molar-refractivity contribution in [1.29, 1.82) is 0 Å². The summed E-state index contributed by atoms with van der Waals surface area (Å²) in [6.45, 7) is 2.77. The maximum Gasteiger partial charge on any atom is 0.472 e. The summed E-state index contributed by atoms with van der Waals surface area (Å²) < 4.78 is 21.2. The zero-order valence-electron chi connectivity index (χ0n) is 19.8. The van der Waals surface area contributed by atoms with Gasteiger partial charge in [-0.15, -0.1) is 0 Å². The lowest BCUT2D eigenvalue weighted by Crippen LogP contribution is -1.99. The Bertz CT molecular complexity index is 382. The highest BCUT2D eigenvalue weighted by atomic mass is 79.9. The van der Waals surface area contributed by atoms with Crippen LogP contribution in [0.3, 0.4) is 0 Å². The molecule has 1 atom stereocenters. The third-order valence-corrected chi connectivity index (χ3v) is 6.93. The van der Waals surface area contributed by atoms with Crippen LogP contribution in [-0.2, 0) is 13.6 Å². The second-order valence-corrected chi connectivity index (χ2v) is 10.8. The van der Waals surface area contributed by atoms with Crippen LogP contribution in [0.1, 0.15) is 135 Å². The summed E-state index contributed by atoms with van der Waals surface area (Å²) in [7, 11) is -3.83. The van der Waals surface area contributed by atoms with E-state index in [2.05, 4.69) is 22.9 Å². The molecule has 6 heteroatoms. The van der Waals surface area contributed by atoms with Crippen molar-refractivity contribution in [2.75, 3.05) is 18.5 Å². The molecule has 0 aliphatic heterocycles. The summed E-state index contributed by atoms with van der Waals surface area (Å²) >= 11 is 3.15. The van der Waals surface area contributed by atoms with E-state index in [1.807, 2.05) is 0 Å². The summed E-state index contributed by atoms with van der Waals surface area (Å²) in [5.41, 5.74) is 0. The molecule has 0 heterocycles. The first-order valence-corrected chi connectivity index (χ1v) is 15.4. The molecule has 0 aromatic rings. The van der Waals surface area contributed by atoms with E-state index in [4.69, 9.17) is 9.05 Å². The summed E-state index contributed by atoms with van der Waals surface area (Å²) in [5, 5.41) is 0.528. The molecule has 0 aromatic carbocycles. The standard InChI is InChI=1S/C24H50BrO4P/c1-2-3-4-5-6-7-8-9-10-11-12-13-14-15-16-17-18-19-20-21-23-28-30(26,27)29-24-22-25/h2-24H2,1H3,(H,26,27). The monoisotopic (exact) mass is 512 g/mol. The van der Waals surface area contributed by atoms with E-state index in [9.17, 15) is 9.46 Å². The number of hydrogen-bond donors (Lipinski definition) is 1. The van der Waals surface area contributed by atoms with Gasteiger partial charge in [0, 0.05) is 5.33 Å². The van der Waals surface area contributed by atoms with Gasteiger partial charge in [0.15, 0.2) is 0 Å². The van der Waals surface area contributed by atoms with E-state index in [1.165, 1.54) is 116 Å². The third-order valence-electron chi connectivity index (χ3n) is 5.58. The average molecular weight is 514 g/mol. The normalized spacial score (nSPS) is 13.6. The zero-order chi connectivity index (χ0) is 22.2. The molecular weight excluding hydrogens is 463 g/mol. The van der Waals surface area contributed by atoms with Gasteiger partial charge in [0.1, 0.15) is 0 Å². The van der Waals surface area contributed by atoms with Crippen molar-refractivity contribution in [2.24, 2.45) is 0 Å². The van der Waals surface area contributed by atoms with Gasteiger partial charge < -0.3 is 4.89 Å². The van der Waals surface area contributed by atoms with Gasteiger partial charge in [-0.2, -0.15) is 0 Å². The molecule has 0 bridgehead atoms. The van der Waals surface area contributed by atoms with E-state index < -0.39 is 7.82 Å². The minimum absolute atomic E-state index is 0.188. The molecule has 1 unspecified atom stereocenters. The van der Waals surface area contributed by atoms with Crippen LogP contribution in [0, 0.1) is 0 Å². The van der Waals surface area contributed by atoms with Gasteiger partial charge in [0.25, 0.3) is 0 Å². The molecule has 1 N–H and O–H groups in total. The second-order valence-electron chi connectivity index (χ2n) is 8.54. The lowest BCUT2D eigenvalue weighted by molar-refractivity contribution is 0.154. The molecule has 4 nitrogen and oxygen atoms in total. The molecule has 0 fully saturated rings. The van der Waals surface area contributed by atoms with Crippen molar-refractivity contribution in [3.05, 3.63) is 0 Å². The van der Waals surface area contributed by atoms with Crippen molar-refractivity contribution in [3.8, 4) is 0 Å². The minimum atomic E-state index is -3.83. The van der Waals surface area contributed by atoms with Crippen molar-refractivity contribution >= 4 is 23.8 Å². The number of unbranched alkanes of at least 4 members (excludes halogenated alkanes) is 19. The van der Waals surface area contributed by atoms with Crippen LogP contribution < -0.4 is 0 Å². The smallest absolute Gasteiger partial charge is 0.302 e. The van der Waals surface area contributed by atoms with E-state index in [-0.39, 0.29) is 6.61 Å². The van der Waals surface area contributed by atoms with Gasteiger partial charge in [0.05, 0.1) is 13.2 Å².